The monoisotopic (exact) mass is 506 g/mol. The number of anilines is 1. The molecule has 1 aromatic carbocycles. The molecule has 2 saturated heterocycles. The zero-order chi connectivity index (χ0) is 25.3. The number of aliphatic hydroxyl groups excluding tert-OH is 1. The molecule has 3 atom stereocenters. The van der Waals surface area contributed by atoms with Gasteiger partial charge in [-0.25, -0.2) is 0 Å². The van der Waals surface area contributed by atoms with Crippen LogP contribution in [-0.2, 0) is 23.9 Å². The summed E-state index contributed by atoms with van der Waals surface area (Å²) < 4.78 is 53.2. The Labute approximate surface area is 209 Å². The number of nitrogens with zero attached hydrogens (tertiary/aromatic N) is 4. The van der Waals surface area contributed by atoms with Crippen molar-refractivity contribution >= 4 is 5.82 Å². The van der Waals surface area contributed by atoms with Crippen LogP contribution in [0.25, 0.3) is 0 Å². The first kappa shape index (κ1) is 25.2. The van der Waals surface area contributed by atoms with E-state index in [1.54, 1.807) is 6.07 Å². The molecule has 0 radical (unpaired) electrons. The van der Waals surface area contributed by atoms with Crippen molar-refractivity contribution in [2.75, 3.05) is 38.3 Å². The number of hydrogen-bond acceptors (Lipinski definition) is 7. The van der Waals surface area contributed by atoms with E-state index in [1.807, 2.05) is 0 Å². The number of benzene rings is 1. The maximum Gasteiger partial charge on any atom is 0.416 e. The molecule has 10 heteroatoms. The molecular formula is C26H33F3N4O3. The normalized spacial score (nSPS) is 25.1. The number of fused-ring (bicyclic) bond motifs is 1. The first-order valence-electron chi connectivity index (χ1n) is 12.7. The smallest absolute Gasteiger partial charge is 0.416 e. The van der Waals surface area contributed by atoms with Crippen molar-refractivity contribution in [3.63, 3.8) is 0 Å². The van der Waals surface area contributed by atoms with Crippen molar-refractivity contribution in [2.24, 2.45) is 0 Å². The lowest BCUT2D eigenvalue weighted by molar-refractivity contribution is -0.139. The third-order valence-electron chi connectivity index (χ3n) is 7.66. The molecule has 196 valence electrons. The van der Waals surface area contributed by atoms with Gasteiger partial charge in [0.1, 0.15) is 12.4 Å². The summed E-state index contributed by atoms with van der Waals surface area (Å²) in [6.45, 7) is 2.31. The fraction of sp³-hybridized carbons (Fsp3) is 0.615. The molecule has 5 rings (SSSR count). The van der Waals surface area contributed by atoms with Gasteiger partial charge in [-0.3, -0.25) is 0 Å². The van der Waals surface area contributed by atoms with E-state index in [1.165, 1.54) is 12.1 Å². The van der Waals surface area contributed by atoms with Crippen LogP contribution in [0, 0.1) is 0 Å². The van der Waals surface area contributed by atoms with Crippen molar-refractivity contribution in [1.82, 2.24) is 14.9 Å². The zero-order valence-corrected chi connectivity index (χ0v) is 20.5. The highest BCUT2D eigenvalue weighted by Crippen LogP contribution is 2.41. The van der Waals surface area contributed by atoms with Crippen LogP contribution >= 0.6 is 0 Å². The Kier molecular flexibility index (Phi) is 7.37. The third kappa shape index (κ3) is 5.17. The predicted octanol–water partition coefficient (Wildman–Crippen LogP) is 4.13. The van der Waals surface area contributed by atoms with Crippen LogP contribution in [0.15, 0.2) is 24.3 Å². The molecule has 3 aliphatic heterocycles. The van der Waals surface area contributed by atoms with Crippen LogP contribution < -0.4 is 9.64 Å². The Morgan fingerprint density at radius 2 is 1.89 bits per heavy atom. The van der Waals surface area contributed by atoms with E-state index in [-0.39, 0.29) is 43.3 Å². The quantitative estimate of drug-likeness (QED) is 0.632. The topological polar surface area (TPSA) is 71.0 Å². The Morgan fingerprint density at radius 3 is 2.64 bits per heavy atom. The number of aliphatic hydroxyl groups is 1. The van der Waals surface area contributed by atoms with Gasteiger partial charge in [-0.1, -0.05) is 18.2 Å². The standard InChI is InChI=1S/C26H33F3N4O3/c1-32-11-6-8-18(32)15-36-25-30-22-13-23(19-9-2-3-10-21(19)26(27,28)29)35-16-20(22)24(31-25)33-12-5-4-7-17(33)14-34/h2-3,9-10,17-18,23,34H,4-8,11-16H2,1H3/t17-,18+,23?/m1/s1. The first-order chi connectivity index (χ1) is 17.3. The fourth-order valence-corrected chi connectivity index (χ4v) is 5.60. The van der Waals surface area contributed by atoms with E-state index in [0.717, 1.165) is 56.8 Å². The number of rotatable bonds is 6. The van der Waals surface area contributed by atoms with E-state index in [9.17, 15) is 18.3 Å². The maximum atomic E-state index is 13.7. The van der Waals surface area contributed by atoms with Crippen molar-refractivity contribution < 1.29 is 27.8 Å². The van der Waals surface area contributed by atoms with Crippen LogP contribution in [0.4, 0.5) is 19.0 Å². The summed E-state index contributed by atoms with van der Waals surface area (Å²) in [7, 11) is 2.07. The number of hydrogen-bond donors (Lipinski definition) is 1. The second-order valence-electron chi connectivity index (χ2n) is 9.96. The molecule has 1 N–H and O–H groups in total. The van der Waals surface area contributed by atoms with E-state index in [2.05, 4.69) is 21.8 Å². The summed E-state index contributed by atoms with van der Waals surface area (Å²) in [4.78, 5) is 13.8. The lowest BCUT2D eigenvalue weighted by atomic mass is 9.94. The van der Waals surface area contributed by atoms with E-state index in [0.29, 0.717) is 18.1 Å². The predicted molar refractivity (Wildman–Crippen MR) is 128 cm³/mol. The summed E-state index contributed by atoms with van der Waals surface area (Å²) in [6.07, 6.45) is -0.0554. The minimum atomic E-state index is -4.47. The SMILES string of the molecule is CN1CCC[C@H]1COc1nc2c(c(N3CCCC[C@@H]3CO)n1)COC(c1ccccc1C(F)(F)F)C2. The molecule has 2 aromatic rings. The number of aromatic nitrogens is 2. The summed E-state index contributed by atoms with van der Waals surface area (Å²) in [5.74, 6) is 0.663. The molecule has 0 bridgehead atoms. The van der Waals surface area contributed by atoms with Gasteiger partial charge in [0.2, 0.25) is 0 Å². The Hall–Kier alpha value is -2.43. The average molecular weight is 507 g/mol. The van der Waals surface area contributed by atoms with Gasteiger partial charge in [-0.2, -0.15) is 23.1 Å². The van der Waals surface area contributed by atoms with Gasteiger partial charge in [-0.15, -0.1) is 0 Å². The van der Waals surface area contributed by atoms with Crippen LogP contribution in [0.1, 0.15) is 60.6 Å². The van der Waals surface area contributed by atoms with E-state index < -0.39 is 17.8 Å². The second-order valence-corrected chi connectivity index (χ2v) is 9.96. The molecule has 7 nitrogen and oxygen atoms in total. The van der Waals surface area contributed by atoms with Crippen molar-refractivity contribution in [2.45, 2.75) is 69.5 Å². The summed E-state index contributed by atoms with van der Waals surface area (Å²) in [6, 6.07) is 5.99. The van der Waals surface area contributed by atoms with Gasteiger partial charge < -0.3 is 24.4 Å². The number of halogens is 3. The lowest BCUT2D eigenvalue weighted by Gasteiger charge is -2.38. The van der Waals surface area contributed by atoms with Gasteiger partial charge in [0.05, 0.1) is 36.6 Å². The molecule has 4 heterocycles. The minimum Gasteiger partial charge on any atom is -0.462 e. The Bertz CT molecular complexity index is 1070. The van der Waals surface area contributed by atoms with E-state index >= 15 is 0 Å². The largest absolute Gasteiger partial charge is 0.462 e. The van der Waals surface area contributed by atoms with Gasteiger partial charge in [-0.05, 0) is 57.3 Å². The second kappa shape index (κ2) is 10.5. The molecule has 0 saturated carbocycles. The molecule has 0 spiro atoms. The van der Waals surface area contributed by atoms with Crippen LogP contribution in [0.2, 0.25) is 0 Å². The van der Waals surface area contributed by atoms with Gasteiger partial charge >= 0.3 is 12.2 Å². The third-order valence-corrected chi connectivity index (χ3v) is 7.66. The van der Waals surface area contributed by atoms with E-state index in [4.69, 9.17) is 14.5 Å². The van der Waals surface area contributed by atoms with Crippen molar-refractivity contribution in [1.29, 1.82) is 0 Å². The average Bonchev–Trinajstić information content (AvgIpc) is 3.30. The highest BCUT2D eigenvalue weighted by molar-refractivity contribution is 5.52. The maximum absolute atomic E-state index is 13.7. The number of ether oxygens (including phenoxy) is 2. The van der Waals surface area contributed by atoms with Crippen LogP contribution in [-0.4, -0.2) is 65.4 Å². The van der Waals surface area contributed by atoms with Crippen molar-refractivity contribution in [3.8, 4) is 6.01 Å². The molecular weight excluding hydrogens is 473 g/mol. The molecule has 2 fully saturated rings. The highest BCUT2D eigenvalue weighted by Gasteiger charge is 2.38. The number of likely N-dealkylation sites (tertiary alicyclic amines) is 1. The number of alkyl halides is 3. The Balaban J connectivity index is 1.48. The molecule has 1 unspecified atom stereocenters. The Morgan fingerprint density at radius 1 is 1.08 bits per heavy atom. The molecule has 0 amide bonds. The molecule has 3 aliphatic rings. The number of piperidine rings is 1. The van der Waals surface area contributed by atoms with Gasteiger partial charge in [0, 0.05) is 24.6 Å². The molecule has 1 aromatic heterocycles. The zero-order valence-electron chi connectivity index (χ0n) is 20.5. The van der Waals surface area contributed by atoms with Gasteiger partial charge in [0.25, 0.3) is 0 Å². The first-order valence-corrected chi connectivity index (χ1v) is 12.7. The molecule has 0 aliphatic carbocycles. The summed E-state index contributed by atoms with van der Waals surface area (Å²) >= 11 is 0. The fourth-order valence-electron chi connectivity index (χ4n) is 5.60. The van der Waals surface area contributed by atoms with Crippen molar-refractivity contribution in [3.05, 3.63) is 46.6 Å². The van der Waals surface area contributed by atoms with Crippen LogP contribution in [0.5, 0.6) is 6.01 Å². The highest BCUT2D eigenvalue weighted by atomic mass is 19.4. The number of likely N-dealkylation sites (N-methyl/N-ethyl adjacent to an activating group) is 1. The minimum absolute atomic E-state index is 0.00424. The summed E-state index contributed by atoms with van der Waals surface area (Å²) in [5, 5.41) is 10.0. The summed E-state index contributed by atoms with van der Waals surface area (Å²) in [5.41, 5.74) is 0.827. The molecule has 36 heavy (non-hydrogen) atoms. The van der Waals surface area contributed by atoms with Crippen LogP contribution in [0.3, 0.4) is 0 Å². The lowest BCUT2D eigenvalue weighted by Crippen LogP contribution is -2.43. The van der Waals surface area contributed by atoms with Gasteiger partial charge in [0.15, 0.2) is 0 Å².